The number of anilines is 1. The highest BCUT2D eigenvalue weighted by Gasteiger charge is 2.18. The maximum absolute atomic E-state index is 12.0. The summed E-state index contributed by atoms with van der Waals surface area (Å²) in [6, 6.07) is 9.71. The van der Waals surface area contributed by atoms with Crippen molar-refractivity contribution < 1.29 is 24.9 Å². The van der Waals surface area contributed by atoms with Crippen LogP contribution >= 0.6 is 0 Å². The van der Waals surface area contributed by atoms with E-state index in [1.165, 1.54) is 36.4 Å². The lowest BCUT2D eigenvalue weighted by molar-refractivity contribution is 0.0698. The fourth-order valence-corrected chi connectivity index (χ4v) is 1.72. The molecule has 0 spiro atoms. The maximum atomic E-state index is 12.0. The fourth-order valence-electron chi connectivity index (χ4n) is 1.72. The minimum absolute atomic E-state index is 0.0765. The summed E-state index contributed by atoms with van der Waals surface area (Å²) in [5, 5.41) is 30.5. The van der Waals surface area contributed by atoms with Gasteiger partial charge in [-0.2, -0.15) is 0 Å². The first-order valence-electron chi connectivity index (χ1n) is 5.65. The zero-order chi connectivity index (χ0) is 14.7. The molecule has 102 valence electrons. The van der Waals surface area contributed by atoms with Gasteiger partial charge in [0.15, 0.2) is 0 Å². The van der Waals surface area contributed by atoms with Gasteiger partial charge in [-0.05, 0) is 24.3 Å². The van der Waals surface area contributed by atoms with Gasteiger partial charge in [0.2, 0.25) is 0 Å². The summed E-state index contributed by atoms with van der Waals surface area (Å²) in [7, 11) is 0. The Bertz CT molecular complexity index is 661. The number of aromatic hydroxyl groups is 2. The Kier molecular flexibility index (Phi) is 3.56. The standard InChI is InChI=1S/C14H11NO5/c16-10-6-3-7-11(17)12(10)13(18)15-9-5-2-1-4-8(9)14(19)20/h1-7,16-17H,(H,15,18)(H,19,20). The molecule has 0 aliphatic heterocycles. The number of nitrogens with one attached hydrogen (secondary N) is 1. The number of carboxylic acids is 1. The second kappa shape index (κ2) is 5.31. The quantitative estimate of drug-likeness (QED) is 0.684. The van der Waals surface area contributed by atoms with Gasteiger partial charge in [0.05, 0.1) is 11.3 Å². The van der Waals surface area contributed by atoms with Crippen molar-refractivity contribution in [3.63, 3.8) is 0 Å². The zero-order valence-corrected chi connectivity index (χ0v) is 10.2. The molecule has 0 saturated heterocycles. The van der Waals surface area contributed by atoms with Crippen molar-refractivity contribution in [3.05, 3.63) is 53.6 Å². The van der Waals surface area contributed by atoms with E-state index in [9.17, 15) is 19.8 Å². The van der Waals surface area contributed by atoms with Gasteiger partial charge < -0.3 is 20.6 Å². The Hall–Kier alpha value is -3.02. The number of aromatic carboxylic acids is 1. The summed E-state index contributed by atoms with van der Waals surface area (Å²) in [5.74, 6) is -2.78. The van der Waals surface area contributed by atoms with Crippen LogP contribution in [-0.4, -0.2) is 27.2 Å². The van der Waals surface area contributed by atoms with Crippen LogP contribution in [0.4, 0.5) is 5.69 Å². The molecule has 2 rings (SSSR count). The number of para-hydroxylation sites is 1. The van der Waals surface area contributed by atoms with Gasteiger partial charge in [0.1, 0.15) is 17.1 Å². The molecule has 6 heteroatoms. The molecule has 0 atom stereocenters. The second-order valence-corrected chi connectivity index (χ2v) is 3.98. The number of benzene rings is 2. The summed E-state index contributed by atoms with van der Waals surface area (Å²) in [4.78, 5) is 23.0. The van der Waals surface area contributed by atoms with Gasteiger partial charge in [0, 0.05) is 0 Å². The first-order valence-corrected chi connectivity index (χ1v) is 5.65. The van der Waals surface area contributed by atoms with Crippen molar-refractivity contribution in [2.45, 2.75) is 0 Å². The normalized spacial score (nSPS) is 10.0. The first kappa shape index (κ1) is 13.4. The average Bonchev–Trinajstić information content (AvgIpc) is 2.38. The second-order valence-electron chi connectivity index (χ2n) is 3.98. The average molecular weight is 273 g/mol. The number of carbonyl (C=O) groups excluding carboxylic acids is 1. The first-order chi connectivity index (χ1) is 9.50. The van der Waals surface area contributed by atoms with E-state index in [0.717, 1.165) is 0 Å². The lowest BCUT2D eigenvalue weighted by Crippen LogP contribution is -2.15. The van der Waals surface area contributed by atoms with Crippen LogP contribution in [0.25, 0.3) is 0 Å². The van der Waals surface area contributed by atoms with E-state index in [2.05, 4.69) is 5.32 Å². The van der Waals surface area contributed by atoms with Gasteiger partial charge in [-0.25, -0.2) is 4.79 Å². The predicted octanol–water partition coefficient (Wildman–Crippen LogP) is 2.05. The van der Waals surface area contributed by atoms with Crippen molar-refractivity contribution >= 4 is 17.6 Å². The zero-order valence-electron chi connectivity index (χ0n) is 10.2. The highest BCUT2D eigenvalue weighted by Crippen LogP contribution is 2.27. The van der Waals surface area contributed by atoms with Crippen LogP contribution in [0.2, 0.25) is 0 Å². The van der Waals surface area contributed by atoms with Crippen LogP contribution in [-0.2, 0) is 0 Å². The minimum Gasteiger partial charge on any atom is -0.507 e. The molecule has 0 aliphatic rings. The summed E-state index contributed by atoms with van der Waals surface area (Å²) in [6.07, 6.45) is 0. The third-order valence-corrected chi connectivity index (χ3v) is 2.65. The van der Waals surface area contributed by atoms with Crippen LogP contribution < -0.4 is 5.32 Å². The Morgan fingerprint density at radius 2 is 1.50 bits per heavy atom. The van der Waals surface area contributed by atoms with E-state index in [1.54, 1.807) is 6.07 Å². The van der Waals surface area contributed by atoms with E-state index in [1.807, 2.05) is 0 Å². The van der Waals surface area contributed by atoms with E-state index >= 15 is 0 Å². The molecular weight excluding hydrogens is 262 g/mol. The monoisotopic (exact) mass is 273 g/mol. The summed E-state index contributed by atoms with van der Waals surface area (Å²) in [6.45, 7) is 0. The topological polar surface area (TPSA) is 107 Å². The van der Waals surface area contributed by atoms with Crippen molar-refractivity contribution in [3.8, 4) is 11.5 Å². The Morgan fingerprint density at radius 3 is 2.10 bits per heavy atom. The Morgan fingerprint density at radius 1 is 0.900 bits per heavy atom. The third kappa shape index (κ3) is 2.54. The fraction of sp³-hybridized carbons (Fsp3) is 0. The van der Waals surface area contributed by atoms with Crippen molar-refractivity contribution in [1.82, 2.24) is 0 Å². The number of carboxylic acid groups (broad SMARTS) is 1. The summed E-state index contributed by atoms with van der Waals surface area (Å²) < 4.78 is 0. The number of phenolic OH excluding ortho intramolecular Hbond substituents is 2. The van der Waals surface area contributed by atoms with Crippen LogP contribution in [0, 0.1) is 0 Å². The molecule has 6 nitrogen and oxygen atoms in total. The lowest BCUT2D eigenvalue weighted by atomic mass is 10.1. The van der Waals surface area contributed by atoms with Crippen molar-refractivity contribution in [2.75, 3.05) is 5.32 Å². The largest absolute Gasteiger partial charge is 0.507 e. The van der Waals surface area contributed by atoms with E-state index in [-0.39, 0.29) is 16.8 Å². The molecule has 1 amide bonds. The summed E-state index contributed by atoms with van der Waals surface area (Å²) in [5.41, 5.74) is -0.323. The number of amides is 1. The maximum Gasteiger partial charge on any atom is 0.337 e. The molecule has 2 aromatic rings. The van der Waals surface area contributed by atoms with Crippen LogP contribution in [0.3, 0.4) is 0 Å². The number of carbonyl (C=O) groups is 2. The van der Waals surface area contributed by atoms with Gasteiger partial charge in [-0.15, -0.1) is 0 Å². The molecular formula is C14H11NO5. The van der Waals surface area contributed by atoms with Crippen molar-refractivity contribution in [1.29, 1.82) is 0 Å². The molecule has 0 bridgehead atoms. The van der Waals surface area contributed by atoms with Gasteiger partial charge in [0.25, 0.3) is 5.91 Å². The van der Waals surface area contributed by atoms with Gasteiger partial charge >= 0.3 is 5.97 Å². The van der Waals surface area contributed by atoms with Crippen LogP contribution in [0.15, 0.2) is 42.5 Å². The molecule has 0 heterocycles. The molecule has 0 radical (unpaired) electrons. The lowest BCUT2D eigenvalue weighted by Gasteiger charge is -2.10. The SMILES string of the molecule is O=C(O)c1ccccc1NC(=O)c1c(O)cccc1O. The third-order valence-electron chi connectivity index (χ3n) is 2.65. The van der Waals surface area contributed by atoms with Gasteiger partial charge in [-0.3, -0.25) is 4.79 Å². The molecule has 0 unspecified atom stereocenters. The van der Waals surface area contributed by atoms with Crippen LogP contribution in [0.5, 0.6) is 11.5 Å². The van der Waals surface area contributed by atoms with Crippen molar-refractivity contribution in [2.24, 2.45) is 0 Å². The number of phenols is 2. The molecule has 0 aliphatic carbocycles. The Labute approximate surface area is 113 Å². The molecule has 0 aromatic heterocycles. The minimum atomic E-state index is -1.19. The molecule has 2 aromatic carbocycles. The van der Waals surface area contributed by atoms with E-state index in [0.29, 0.717) is 0 Å². The van der Waals surface area contributed by atoms with E-state index < -0.39 is 23.4 Å². The molecule has 4 N–H and O–H groups in total. The molecule has 0 fully saturated rings. The molecule has 20 heavy (non-hydrogen) atoms. The van der Waals surface area contributed by atoms with Gasteiger partial charge in [-0.1, -0.05) is 18.2 Å². The Balaban J connectivity index is 2.36. The number of hydrogen-bond acceptors (Lipinski definition) is 4. The highest BCUT2D eigenvalue weighted by atomic mass is 16.4. The summed E-state index contributed by atoms with van der Waals surface area (Å²) >= 11 is 0. The molecule has 0 saturated carbocycles. The number of rotatable bonds is 3. The van der Waals surface area contributed by atoms with Crippen LogP contribution in [0.1, 0.15) is 20.7 Å². The smallest absolute Gasteiger partial charge is 0.337 e. The number of hydrogen-bond donors (Lipinski definition) is 4. The van der Waals surface area contributed by atoms with E-state index in [4.69, 9.17) is 5.11 Å². The highest BCUT2D eigenvalue weighted by molar-refractivity contribution is 6.10. The predicted molar refractivity (Wildman–Crippen MR) is 71.1 cm³/mol.